The topological polar surface area (TPSA) is 68.0 Å². The van der Waals surface area contributed by atoms with Crippen molar-refractivity contribution < 1.29 is 22.6 Å². The third-order valence-electron chi connectivity index (χ3n) is 5.08. The number of hydrogen-bond donors (Lipinski definition) is 0. The van der Waals surface area contributed by atoms with Gasteiger partial charge in [0.1, 0.15) is 17.3 Å². The molecule has 1 saturated heterocycles. The van der Waals surface area contributed by atoms with Crippen molar-refractivity contribution in [2.75, 3.05) is 45.3 Å². The summed E-state index contributed by atoms with van der Waals surface area (Å²) in [6, 6.07) is 8.84. The Labute approximate surface area is 170 Å². The normalized spacial score (nSPS) is 15.6. The van der Waals surface area contributed by atoms with Crippen LogP contribution in [0.3, 0.4) is 0 Å². The van der Waals surface area contributed by atoms with E-state index in [1.165, 1.54) is 6.07 Å². The summed E-state index contributed by atoms with van der Waals surface area (Å²) in [6.45, 7) is 3.41. The highest BCUT2D eigenvalue weighted by atomic mass is 19.4. The Morgan fingerprint density at radius 3 is 2.40 bits per heavy atom. The summed E-state index contributed by atoms with van der Waals surface area (Å²) < 4.78 is 50.8. The molecule has 0 atom stereocenters. The quantitative estimate of drug-likeness (QED) is 0.626. The standard InChI is InChI=1S/C19H21F3N6O2/c1-29-14-3-4-15(30-2)13(11-14)12-26-7-9-27(10-8-26)17-6-5-16-23-24-18(19(20,21)22)28(16)25-17/h3-6,11H,7-10,12H2,1-2H3. The number of benzene rings is 1. The number of alkyl halides is 3. The number of rotatable bonds is 5. The van der Waals surface area contributed by atoms with Crippen LogP contribution < -0.4 is 14.4 Å². The fourth-order valence-electron chi connectivity index (χ4n) is 3.51. The van der Waals surface area contributed by atoms with Crippen LogP contribution in [0.15, 0.2) is 30.3 Å². The molecule has 4 rings (SSSR count). The lowest BCUT2D eigenvalue weighted by Crippen LogP contribution is -2.46. The van der Waals surface area contributed by atoms with E-state index in [0.717, 1.165) is 34.7 Å². The molecule has 11 heteroatoms. The molecule has 160 valence electrons. The van der Waals surface area contributed by atoms with Gasteiger partial charge in [-0.05, 0) is 30.3 Å². The van der Waals surface area contributed by atoms with Crippen molar-refractivity contribution in [1.29, 1.82) is 0 Å². The number of ether oxygens (including phenoxy) is 2. The molecule has 3 aromatic rings. The van der Waals surface area contributed by atoms with Crippen LogP contribution in [0.25, 0.3) is 5.65 Å². The molecule has 0 unspecified atom stereocenters. The van der Waals surface area contributed by atoms with Crippen LogP contribution in [0.1, 0.15) is 11.4 Å². The predicted molar refractivity (Wildman–Crippen MR) is 103 cm³/mol. The Morgan fingerprint density at radius 2 is 1.73 bits per heavy atom. The summed E-state index contributed by atoms with van der Waals surface area (Å²) in [7, 11) is 3.25. The van der Waals surface area contributed by atoms with E-state index in [9.17, 15) is 13.2 Å². The number of piperazine rings is 1. The lowest BCUT2D eigenvalue weighted by molar-refractivity contribution is -0.146. The van der Waals surface area contributed by atoms with E-state index in [4.69, 9.17) is 9.47 Å². The highest BCUT2D eigenvalue weighted by Gasteiger charge is 2.37. The van der Waals surface area contributed by atoms with E-state index < -0.39 is 12.0 Å². The maximum Gasteiger partial charge on any atom is 0.453 e. The van der Waals surface area contributed by atoms with Crippen LogP contribution in [-0.4, -0.2) is 65.1 Å². The first-order valence-corrected chi connectivity index (χ1v) is 9.37. The molecule has 2 aromatic heterocycles. The van der Waals surface area contributed by atoms with Gasteiger partial charge in [0.05, 0.1) is 14.2 Å². The number of nitrogens with zero attached hydrogens (tertiary/aromatic N) is 6. The third kappa shape index (κ3) is 3.97. The van der Waals surface area contributed by atoms with Gasteiger partial charge in [-0.3, -0.25) is 4.90 Å². The van der Waals surface area contributed by atoms with Crippen LogP contribution in [0.5, 0.6) is 11.5 Å². The maximum atomic E-state index is 13.1. The molecule has 30 heavy (non-hydrogen) atoms. The molecule has 1 aliphatic heterocycles. The molecule has 0 bridgehead atoms. The number of methoxy groups -OCH3 is 2. The Kier molecular flexibility index (Phi) is 5.37. The smallest absolute Gasteiger partial charge is 0.453 e. The lowest BCUT2D eigenvalue weighted by Gasteiger charge is -2.35. The largest absolute Gasteiger partial charge is 0.497 e. The number of hydrogen-bond acceptors (Lipinski definition) is 7. The molecule has 8 nitrogen and oxygen atoms in total. The Morgan fingerprint density at radius 1 is 0.967 bits per heavy atom. The average molecular weight is 422 g/mol. The van der Waals surface area contributed by atoms with E-state index in [1.54, 1.807) is 20.3 Å². The van der Waals surface area contributed by atoms with E-state index >= 15 is 0 Å². The van der Waals surface area contributed by atoms with Gasteiger partial charge >= 0.3 is 6.18 Å². The van der Waals surface area contributed by atoms with Crippen LogP contribution >= 0.6 is 0 Å². The van der Waals surface area contributed by atoms with Gasteiger partial charge in [0, 0.05) is 38.3 Å². The second-order valence-electron chi connectivity index (χ2n) is 6.92. The Hall–Kier alpha value is -3.08. The first-order chi connectivity index (χ1) is 14.4. The van der Waals surface area contributed by atoms with Gasteiger partial charge < -0.3 is 14.4 Å². The molecule has 0 saturated carbocycles. The molecule has 1 aliphatic rings. The number of anilines is 1. The Balaban J connectivity index is 1.46. The fourth-order valence-corrected chi connectivity index (χ4v) is 3.51. The first kappa shape index (κ1) is 20.2. The molecule has 0 spiro atoms. The molecule has 0 aliphatic carbocycles. The van der Waals surface area contributed by atoms with Crippen molar-refractivity contribution in [1.82, 2.24) is 24.7 Å². The monoisotopic (exact) mass is 422 g/mol. The molecular weight excluding hydrogens is 401 g/mol. The van der Waals surface area contributed by atoms with Crippen molar-refractivity contribution in [2.45, 2.75) is 12.7 Å². The molecule has 3 heterocycles. The van der Waals surface area contributed by atoms with Gasteiger partial charge in [-0.15, -0.1) is 15.3 Å². The zero-order valence-corrected chi connectivity index (χ0v) is 16.6. The van der Waals surface area contributed by atoms with E-state index in [0.29, 0.717) is 25.5 Å². The molecular formula is C19H21F3N6O2. The van der Waals surface area contributed by atoms with Crippen LogP contribution in [-0.2, 0) is 12.7 Å². The predicted octanol–water partition coefficient (Wildman–Crippen LogP) is 2.48. The van der Waals surface area contributed by atoms with Crippen LogP contribution in [0, 0.1) is 0 Å². The summed E-state index contributed by atoms with van der Waals surface area (Å²) in [4.78, 5) is 4.21. The van der Waals surface area contributed by atoms with Gasteiger partial charge in [-0.25, -0.2) is 0 Å². The van der Waals surface area contributed by atoms with Crippen LogP contribution in [0.2, 0.25) is 0 Å². The minimum absolute atomic E-state index is 0.0647. The molecule has 1 aromatic carbocycles. The first-order valence-electron chi connectivity index (χ1n) is 9.37. The third-order valence-corrected chi connectivity index (χ3v) is 5.08. The van der Waals surface area contributed by atoms with Gasteiger partial charge in [-0.1, -0.05) is 0 Å². The zero-order valence-electron chi connectivity index (χ0n) is 16.6. The molecule has 0 N–H and O–H groups in total. The Bertz CT molecular complexity index is 1030. The van der Waals surface area contributed by atoms with Gasteiger partial charge in [0.25, 0.3) is 5.82 Å². The van der Waals surface area contributed by atoms with Crippen molar-refractivity contribution >= 4 is 11.5 Å². The second kappa shape index (κ2) is 7.98. The minimum Gasteiger partial charge on any atom is -0.497 e. The summed E-state index contributed by atoms with van der Waals surface area (Å²) >= 11 is 0. The minimum atomic E-state index is -4.61. The fraction of sp³-hybridized carbons (Fsp3) is 0.421. The average Bonchev–Trinajstić information content (AvgIpc) is 3.18. The molecule has 0 amide bonds. The van der Waals surface area contributed by atoms with E-state index in [1.807, 2.05) is 23.1 Å². The lowest BCUT2D eigenvalue weighted by atomic mass is 10.1. The van der Waals surface area contributed by atoms with E-state index in [-0.39, 0.29) is 5.65 Å². The number of fused-ring (bicyclic) bond motifs is 1. The van der Waals surface area contributed by atoms with Gasteiger partial charge in [0.2, 0.25) is 0 Å². The van der Waals surface area contributed by atoms with Crippen molar-refractivity contribution in [2.24, 2.45) is 0 Å². The SMILES string of the molecule is COc1ccc(OC)c(CN2CCN(c3ccc4nnc(C(F)(F)F)n4n3)CC2)c1. The summed E-state index contributed by atoms with van der Waals surface area (Å²) in [5, 5.41) is 10.9. The zero-order chi connectivity index (χ0) is 21.3. The highest BCUT2D eigenvalue weighted by molar-refractivity contribution is 5.46. The van der Waals surface area contributed by atoms with Crippen molar-refractivity contribution in [3.8, 4) is 11.5 Å². The summed E-state index contributed by atoms with van der Waals surface area (Å²) in [5.74, 6) is 0.892. The van der Waals surface area contributed by atoms with Crippen molar-refractivity contribution in [3.63, 3.8) is 0 Å². The second-order valence-corrected chi connectivity index (χ2v) is 6.92. The molecule has 0 radical (unpaired) electrons. The highest BCUT2D eigenvalue weighted by Crippen LogP contribution is 2.28. The van der Waals surface area contributed by atoms with Gasteiger partial charge in [0.15, 0.2) is 5.65 Å². The summed E-state index contributed by atoms with van der Waals surface area (Å²) in [6.07, 6.45) is -4.61. The summed E-state index contributed by atoms with van der Waals surface area (Å²) in [5.41, 5.74) is 1.08. The van der Waals surface area contributed by atoms with Crippen LogP contribution in [0.4, 0.5) is 19.0 Å². The van der Waals surface area contributed by atoms with E-state index in [2.05, 4.69) is 20.2 Å². The van der Waals surface area contributed by atoms with Gasteiger partial charge in [-0.2, -0.15) is 17.7 Å². The number of aromatic nitrogens is 4. The number of halogens is 3. The van der Waals surface area contributed by atoms with Crippen molar-refractivity contribution in [3.05, 3.63) is 41.7 Å². The maximum absolute atomic E-state index is 13.1. The molecule has 1 fully saturated rings.